The molecule has 0 spiro atoms. The van der Waals surface area contributed by atoms with Crippen molar-refractivity contribution in [1.82, 2.24) is 0 Å². The van der Waals surface area contributed by atoms with Crippen LogP contribution in [-0.4, -0.2) is 39.9 Å². The van der Waals surface area contributed by atoms with Gasteiger partial charge in [-0.15, -0.1) is 0 Å². The third-order valence-electron chi connectivity index (χ3n) is 4.48. The molecule has 0 fully saturated rings. The van der Waals surface area contributed by atoms with Crippen molar-refractivity contribution in [3.63, 3.8) is 0 Å². The lowest BCUT2D eigenvalue weighted by Gasteiger charge is -2.22. The van der Waals surface area contributed by atoms with Gasteiger partial charge >= 0.3 is 0 Å². The van der Waals surface area contributed by atoms with Crippen LogP contribution in [0.2, 0.25) is 0 Å². The molecule has 9 nitrogen and oxygen atoms in total. The first kappa shape index (κ1) is 23.7. The first-order valence-corrected chi connectivity index (χ1v) is 11.0. The summed E-state index contributed by atoms with van der Waals surface area (Å²) in [7, 11) is -2.90. The van der Waals surface area contributed by atoms with Crippen molar-refractivity contribution >= 4 is 15.7 Å². The van der Waals surface area contributed by atoms with Crippen molar-refractivity contribution in [3.8, 4) is 11.5 Å². The number of sulfonamides is 1. The van der Waals surface area contributed by atoms with E-state index in [0.29, 0.717) is 18.0 Å². The summed E-state index contributed by atoms with van der Waals surface area (Å²) in [5.74, 6) is 0.440. The number of para-hydroxylation sites is 1. The van der Waals surface area contributed by atoms with E-state index in [2.05, 4.69) is 10.5 Å². The zero-order valence-electron chi connectivity index (χ0n) is 16.9. The summed E-state index contributed by atoms with van der Waals surface area (Å²) in [6, 6.07) is 10.3. The van der Waals surface area contributed by atoms with Crippen LogP contribution in [0.15, 0.2) is 52.5 Å². The van der Waals surface area contributed by atoms with E-state index in [1.807, 2.05) is 6.92 Å². The number of primary sulfonamides is 1. The Morgan fingerprint density at radius 1 is 1.23 bits per heavy atom. The van der Waals surface area contributed by atoms with Gasteiger partial charge in [-0.1, -0.05) is 36.7 Å². The lowest BCUT2D eigenvalue weighted by atomic mass is 10.0. The van der Waals surface area contributed by atoms with Gasteiger partial charge in [-0.25, -0.2) is 13.6 Å². The molecule has 0 amide bonds. The van der Waals surface area contributed by atoms with Crippen LogP contribution >= 0.6 is 0 Å². The lowest BCUT2D eigenvalue weighted by Crippen LogP contribution is -2.24. The largest absolute Gasteiger partial charge is 0.454 e. The summed E-state index contributed by atoms with van der Waals surface area (Å²) >= 11 is 0. The van der Waals surface area contributed by atoms with Gasteiger partial charge in [0.05, 0.1) is 12.3 Å². The second-order valence-corrected chi connectivity index (χ2v) is 8.17. The van der Waals surface area contributed by atoms with Gasteiger partial charge in [0.25, 0.3) is 0 Å². The summed E-state index contributed by atoms with van der Waals surface area (Å²) in [6.45, 7) is 2.09. The predicted molar refractivity (Wildman–Crippen MR) is 114 cm³/mol. The van der Waals surface area contributed by atoms with Crippen LogP contribution < -0.4 is 15.2 Å². The Labute approximate surface area is 176 Å². The van der Waals surface area contributed by atoms with Gasteiger partial charge in [-0.2, -0.15) is 4.91 Å². The maximum absolute atomic E-state index is 12.4. The van der Waals surface area contributed by atoms with Gasteiger partial charge in [0.1, 0.15) is 22.8 Å². The molecule has 2 aromatic rings. The maximum Gasteiger partial charge on any atom is 0.241 e. The number of anilines is 1. The number of hydrogen-bond acceptors (Lipinski definition) is 8. The van der Waals surface area contributed by atoms with E-state index in [4.69, 9.17) is 14.6 Å². The number of rotatable bonds is 12. The highest BCUT2D eigenvalue weighted by molar-refractivity contribution is 7.89. The molecule has 10 heteroatoms. The fourth-order valence-electron chi connectivity index (χ4n) is 2.90. The highest BCUT2D eigenvalue weighted by atomic mass is 32.2. The first-order chi connectivity index (χ1) is 14.3. The molecule has 2 unspecified atom stereocenters. The Balaban J connectivity index is 2.66. The smallest absolute Gasteiger partial charge is 0.241 e. The molecule has 0 aromatic heterocycles. The predicted octanol–water partition coefficient (Wildman–Crippen LogP) is 3.15. The topological polar surface area (TPSA) is 140 Å². The molecule has 0 aliphatic heterocycles. The van der Waals surface area contributed by atoms with Gasteiger partial charge in [0.15, 0.2) is 5.75 Å². The number of ether oxygens (including phenoxy) is 2. The quantitative estimate of drug-likeness (QED) is 0.342. The molecule has 0 saturated carbocycles. The number of nitrogens with two attached hydrogens (primary N) is 1. The normalized spacial score (nSPS) is 13.5. The zero-order chi connectivity index (χ0) is 22.1. The Kier molecular flexibility index (Phi) is 8.72. The molecule has 0 heterocycles. The fraction of sp³-hybridized carbons (Fsp3) is 0.400. The standard InChI is InChI=1S/C20H27N3O6S/c1-3-4-10-22-16-11-14(19(23-25)17(13-24)28-2)12-18(30(21,26)27)20(16)29-15-8-6-5-7-9-15/h5-9,11-12,17,19,22,24H,3-4,10,13H2,1-2H3,(H2,21,26,27). The second-order valence-electron chi connectivity index (χ2n) is 6.64. The molecular formula is C20H27N3O6S. The number of methoxy groups -OCH3 is 1. The molecular weight excluding hydrogens is 410 g/mol. The molecule has 2 atom stereocenters. The Bertz CT molecular complexity index is 933. The summed E-state index contributed by atoms with van der Waals surface area (Å²) in [5, 5.41) is 21.1. The second kappa shape index (κ2) is 11.0. The molecule has 0 radical (unpaired) electrons. The van der Waals surface area contributed by atoms with E-state index in [1.165, 1.54) is 13.2 Å². The van der Waals surface area contributed by atoms with Gasteiger partial charge < -0.3 is 19.9 Å². The highest BCUT2D eigenvalue weighted by Crippen LogP contribution is 2.39. The van der Waals surface area contributed by atoms with E-state index in [1.54, 1.807) is 36.4 Å². The molecule has 0 aliphatic rings. The van der Waals surface area contributed by atoms with Crippen molar-refractivity contribution < 1.29 is 23.0 Å². The molecule has 0 bridgehead atoms. The van der Waals surface area contributed by atoms with Crippen LogP contribution in [0.4, 0.5) is 5.69 Å². The molecule has 4 N–H and O–H groups in total. The Morgan fingerprint density at radius 2 is 1.93 bits per heavy atom. The van der Waals surface area contributed by atoms with Crippen LogP contribution in [0.1, 0.15) is 31.4 Å². The molecule has 30 heavy (non-hydrogen) atoms. The number of nitrogens with one attached hydrogen (secondary N) is 1. The van der Waals surface area contributed by atoms with E-state index in [9.17, 15) is 18.4 Å². The van der Waals surface area contributed by atoms with Crippen LogP contribution in [0.3, 0.4) is 0 Å². The van der Waals surface area contributed by atoms with Crippen LogP contribution in [0.5, 0.6) is 11.5 Å². The number of hydrogen-bond donors (Lipinski definition) is 3. The Hall–Kier alpha value is -2.53. The minimum atomic E-state index is -4.22. The maximum atomic E-state index is 12.4. The molecule has 164 valence electrons. The molecule has 2 rings (SSSR count). The lowest BCUT2D eigenvalue weighted by molar-refractivity contribution is 0.0310. The van der Waals surface area contributed by atoms with E-state index >= 15 is 0 Å². The van der Waals surface area contributed by atoms with E-state index in [0.717, 1.165) is 12.8 Å². The Morgan fingerprint density at radius 3 is 2.47 bits per heavy atom. The third kappa shape index (κ3) is 5.99. The zero-order valence-corrected chi connectivity index (χ0v) is 17.8. The van der Waals surface area contributed by atoms with Crippen molar-refractivity contribution in [1.29, 1.82) is 0 Å². The average Bonchev–Trinajstić information content (AvgIpc) is 2.73. The minimum Gasteiger partial charge on any atom is -0.454 e. The van der Waals surface area contributed by atoms with Crippen LogP contribution in [0, 0.1) is 4.91 Å². The van der Waals surface area contributed by atoms with Crippen LogP contribution in [-0.2, 0) is 14.8 Å². The highest BCUT2D eigenvalue weighted by Gasteiger charge is 2.29. The SMILES string of the molecule is CCCCNc1cc(C(N=O)C(CO)OC)cc(S(N)(=O)=O)c1Oc1ccccc1. The van der Waals surface area contributed by atoms with Gasteiger partial charge in [0.2, 0.25) is 10.0 Å². The molecule has 0 saturated heterocycles. The average molecular weight is 438 g/mol. The van der Waals surface area contributed by atoms with Gasteiger partial charge in [-0.05, 0) is 36.2 Å². The van der Waals surface area contributed by atoms with E-state index in [-0.39, 0.29) is 16.2 Å². The van der Waals surface area contributed by atoms with Gasteiger partial charge in [0, 0.05) is 13.7 Å². The summed E-state index contributed by atoms with van der Waals surface area (Å²) in [6.07, 6.45) is 0.797. The summed E-state index contributed by atoms with van der Waals surface area (Å²) in [4.78, 5) is 11.2. The number of nitroso groups, excluding NO2 is 1. The third-order valence-corrected chi connectivity index (χ3v) is 5.40. The van der Waals surface area contributed by atoms with Crippen molar-refractivity contribution in [2.75, 3.05) is 25.6 Å². The van der Waals surface area contributed by atoms with Crippen LogP contribution in [0.25, 0.3) is 0 Å². The summed E-state index contributed by atoms with van der Waals surface area (Å²) < 4.78 is 35.7. The van der Waals surface area contributed by atoms with E-state index < -0.39 is 28.8 Å². The number of aliphatic hydroxyl groups excluding tert-OH is 1. The van der Waals surface area contributed by atoms with Gasteiger partial charge in [-0.3, -0.25) is 0 Å². The number of aliphatic hydroxyl groups is 1. The number of benzene rings is 2. The minimum absolute atomic E-state index is 0.0196. The number of nitrogens with zero attached hydrogens (tertiary/aromatic N) is 1. The van der Waals surface area contributed by atoms with Crippen molar-refractivity contribution in [2.45, 2.75) is 36.8 Å². The molecule has 2 aromatic carbocycles. The van der Waals surface area contributed by atoms with Crippen molar-refractivity contribution in [2.24, 2.45) is 10.3 Å². The fourth-order valence-corrected chi connectivity index (χ4v) is 3.61. The van der Waals surface area contributed by atoms with Crippen molar-refractivity contribution in [3.05, 3.63) is 52.9 Å². The number of unbranched alkanes of at least 4 members (excludes halogenated alkanes) is 1. The molecule has 0 aliphatic carbocycles. The monoisotopic (exact) mass is 437 g/mol. The first-order valence-electron chi connectivity index (χ1n) is 9.49. The summed E-state index contributed by atoms with van der Waals surface area (Å²) in [5.41, 5.74) is 0.574.